The van der Waals surface area contributed by atoms with Gasteiger partial charge in [-0.3, -0.25) is 4.90 Å². The van der Waals surface area contributed by atoms with Gasteiger partial charge < -0.3 is 15.0 Å². The maximum Gasteiger partial charge on any atom is 0.342 e. The molecule has 0 aliphatic carbocycles. The molecule has 0 saturated carbocycles. The number of nitrogens with zero attached hydrogens (tertiary/aromatic N) is 3. The van der Waals surface area contributed by atoms with Gasteiger partial charge in [-0.05, 0) is 56.6 Å². The summed E-state index contributed by atoms with van der Waals surface area (Å²) in [6.45, 7) is 13.6. The number of ether oxygens (including phenoxy) is 1. The van der Waals surface area contributed by atoms with Gasteiger partial charge in [-0.25, -0.2) is 9.78 Å². The number of carbonyl (C=O) groups is 1. The quantitative estimate of drug-likeness (QED) is 0.585. The first-order valence-corrected chi connectivity index (χ1v) is 11.4. The second-order valence-corrected chi connectivity index (χ2v) is 8.38. The molecule has 1 aromatic carbocycles. The standard InChI is InChI=1S/C25H36N4O2/c1-5-26-16-20-9-11-21(12-10-20)17-28(6-2)22-13-15-29(18-22)24-23(8-7-14-27-24)25(30)31-19(3)4/h7-12,14,19,22,26H,5-6,13,15-18H2,1-4H3. The van der Waals surface area contributed by atoms with Crippen LogP contribution in [0.15, 0.2) is 42.6 Å². The van der Waals surface area contributed by atoms with E-state index >= 15 is 0 Å². The highest BCUT2D eigenvalue weighted by Crippen LogP contribution is 2.26. The minimum absolute atomic E-state index is 0.147. The van der Waals surface area contributed by atoms with Crippen molar-refractivity contribution in [2.24, 2.45) is 0 Å². The Morgan fingerprint density at radius 1 is 1.23 bits per heavy atom. The molecule has 2 aromatic rings. The molecule has 31 heavy (non-hydrogen) atoms. The van der Waals surface area contributed by atoms with E-state index in [2.05, 4.69) is 58.2 Å². The Balaban J connectivity index is 1.65. The zero-order valence-electron chi connectivity index (χ0n) is 19.3. The van der Waals surface area contributed by atoms with Crippen molar-refractivity contribution >= 4 is 11.8 Å². The average molecular weight is 425 g/mol. The molecule has 0 radical (unpaired) electrons. The van der Waals surface area contributed by atoms with Crippen LogP contribution in [0.1, 0.15) is 55.6 Å². The highest BCUT2D eigenvalue weighted by molar-refractivity contribution is 5.94. The third kappa shape index (κ3) is 6.28. The van der Waals surface area contributed by atoms with Crippen LogP contribution < -0.4 is 10.2 Å². The number of hydrogen-bond acceptors (Lipinski definition) is 6. The van der Waals surface area contributed by atoms with E-state index in [-0.39, 0.29) is 12.1 Å². The van der Waals surface area contributed by atoms with Gasteiger partial charge in [0, 0.05) is 38.4 Å². The first-order chi connectivity index (χ1) is 15.0. The predicted molar refractivity (Wildman–Crippen MR) is 125 cm³/mol. The summed E-state index contributed by atoms with van der Waals surface area (Å²) >= 11 is 0. The van der Waals surface area contributed by atoms with Gasteiger partial charge in [-0.1, -0.05) is 38.1 Å². The second kappa shape index (κ2) is 11.3. The van der Waals surface area contributed by atoms with Crippen LogP contribution in [0.25, 0.3) is 0 Å². The van der Waals surface area contributed by atoms with E-state index in [1.807, 2.05) is 19.9 Å². The van der Waals surface area contributed by atoms with Crippen LogP contribution in [0.3, 0.4) is 0 Å². The fourth-order valence-corrected chi connectivity index (χ4v) is 4.08. The lowest BCUT2D eigenvalue weighted by Crippen LogP contribution is -2.37. The molecule has 1 saturated heterocycles. The fraction of sp³-hybridized carbons (Fsp3) is 0.520. The molecule has 1 unspecified atom stereocenters. The molecule has 1 aliphatic heterocycles. The Morgan fingerprint density at radius 3 is 2.65 bits per heavy atom. The zero-order valence-corrected chi connectivity index (χ0v) is 19.3. The lowest BCUT2D eigenvalue weighted by Gasteiger charge is -2.28. The van der Waals surface area contributed by atoms with E-state index in [4.69, 9.17) is 4.74 Å². The molecule has 1 aliphatic rings. The van der Waals surface area contributed by atoms with Crippen molar-refractivity contribution in [1.82, 2.24) is 15.2 Å². The number of aromatic nitrogens is 1. The van der Waals surface area contributed by atoms with Gasteiger partial charge in [0.15, 0.2) is 0 Å². The van der Waals surface area contributed by atoms with Crippen LogP contribution in [0.4, 0.5) is 5.82 Å². The summed E-state index contributed by atoms with van der Waals surface area (Å²) in [5.74, 6) is 0.436. The van der Waals surface area contributed by atoms with Crippen molar-refractivity contribution in [2.45, 2.75) is 59.4 Å². The molecule has 6 heteroatoms. The highest BCUT2D eigenvalue weighted by Gasteiger charge is 2.30. The van der Waals surface area contributed by atoms with Crippen LogP contribution >= 0.6 is 0 Å². The van der Waals surface area contributed by atoms with Crippen molar-refractivity contribution in [2.75, 3.05) is 31.1 Å². The van der Waals surface area contributed by atoms with Gasteiger partial charge in [-0.2, -0.15) is 0 Å². The van der Waals surface area contributed by atoms with E-state index in [0.717, 1.165) is 51.5 Å². The van der Waals surface area contributed by atoms with Gasteiger partial charge in [0.05, 0.1) is 6.10 Å². The first kappa shape index (κ1) is 23.2. The van der Waals surface area contributed by atoms with E-state index in [9.17, 15) is 4.79 Å². The summed E-state index contributed by atoms with van der Waals surface area (Å²) < 4.78 is 5.42. The van der Waals surface area contributed by atoms with Crippen LogP contribution in [0, 0.1) is 0 Å². The number of rotatable bonds is 10. The number of likely N-dealkylation sites (N-methyl/N-ethyl adjacent to an activating group) is 1. The molecular formula is C25H36N4O2. The summed E-state index contributed by atoms with van der Waals surface area (Å²) in [5.41, 5.74) is 3.20. The molecule has 0 spiro atoms. The number of nitrogens with one attached hydrogen (secondary N) is 1. The molecule has 168 valence electrons. The van der Waals surface area contributed by atoms with Crippen molar-refractivity contribution in [3.05, 3.63) is 59.3 Å². The van der Waals surface area contributed by atoms with E-state index in [0.29, 0.717) is 11.6 Å². The highest BCUT2D eigenvalue weighted by atomic mass is 16.5. The summed E-state index contributed by atoms with van der Waals surface area (Å²) in [6, 6.07) is 12.9. The van der Waals surface area contributed by atoms with Crippen molar-refractivity contribution < 1.29 is 9.53 Å². The van der Waals surface area contributed by atoms with Crippen LogP contribution in [0.2, 0.25) is 0 Å². The predicted octanol–water partition coefficient (Wildman–Crippen LogP) is 3.86. The van der Waals surface area contributed by atoms with Gasteiger partial charge in [0.2, 0.25) is 0 Å². The molecule has 1 fully saturated rings. The normalized spacial score (nSPS) is 16.3. The molecule has 2 heterocycles. The molecule has 3 rings (SSSR count). The van der Waals surface area contributed by atoms with Gasteiger partial charge in [0.25, 0.3) is 0 Å². The SMILES string of the molecule is CCNCc1ccc(CN(CC)C2CCN(c3ncccc3C(=O)OC(C)C)C2)cc1. The maximum absolute atomic E-state index is 12.5. The summed E-state index contributed by atoms with van der Waals surface area (Å²) in [6.07, 6.45) is 2.66. The zero-order chi connectivity index (χ0) is 22.2. The van der Waals surface area contributed by atoms with Crippen LogP contribution in [0.5, 0.6) is 0 Å². The third-order valence-corrected chi connectivity index (χ3v) is 5.72. The molecule has 0 bridgehead atoms. The smallest absolute Gasteiger partial charge is 0.342 e. The molecule has 1 atom stereocenters. The summed E-state index contributed by atoms with van der Waals surface area (Å²) in [5, 5.41) is 3.37. The van der Waals surface area contributed by atoms with Crippen LogP contribution in [-0.2, 0) is 17.8 Å². The number of carbonyl (C=O) groups excluding carboxylic acids is 1. The Morgan fingerprint density at radius 2 is 1.97 bits per heavy atom. The van der Waals surface area contributed by atoms with Crippen LogP contribution in [-0.4, -0.2) is 54.2 Å². The lowest BCUT2D eigenvalue weighted by molar-refractivity contribution is 0.0378. The topological polar surface area (TPSA) is 57.7 Å². The van der Waals surface area contributed by atoms with Crippen molar-refractivity contribution in [3.8, 4) is 0 Å². The number of pyridine rings is 1. The Bertz CT molecular complexity index is 838. The second-order valence-electron chi connectivity index (χ2n) is 8.38. The molecular weight excluding hydrogens is 388 g/mol. The van der Waals surface area contributed by atoms with E-state index in [1.165, 1.54) is 11.1 Å². The van der Waals surface area contributed by atoms with Gasteiger partial charge >= 0.3 is 5.97 Å². The Hall–Kier alpha value is -2.44. The summed E-state index contributed by atoms with van der Waals surface area (Å²) in [7, 11) is 0. The number of anilines is 1. The monoisotopic (exact) mass is 424 g/mol. The fourth-order valence-electron chi connectivity index (χ4n) is 4.08. The van der Waals surface area contributed by atoms with Gasteiger partial charge in [-0.15, -0.1) is 0 Å². The average Bonchev–Trinajstić information content (AvgIpc) is 3.26. The third-order valence-electron chi connectivity index (χ3n) is 5.72. The Labute approximate surface area is 186 Å². The van der Waals surface area contributed by atoms with E-state index < -0.39 is 0 Å². The number of esters is 1. The van der Waals surface area contributed by atoms with Gasteiger partial charge in [0.1, 0.15) is 11.4 Å². The molecule has 1 N–H and O–H groups in total. The molecule has 0 amide bonds. The summed E-state index contributed by atoms with van der Waals surface area (Å²) in [4.78, 5) is 21.8. The Kier molecular flexibility index (Phi) is 8.43. The minimum atomic E-state index is -0.299. The molecule has 6 nitrogen and oxygen atoms in total. The molecule has 1 aromatic heterocycles. The van der Waals surface area contributed by atoms with Crippen molar-refractivity contribution in [1.29, 1.82) is 0 Å². The minimum Gasteiger partial charge on any atom is -0.459 e. The number of hydrogen-bond donors (Lipinski definition) is 1. The largest absolute Gasteiger partial charge is 0.459 e. The van der Waals surface area contributed by atoms with Crippen molar-refractivity contribution in [3.63, 3.8) is 0 Å². The van der Waals surface area contributed by atoms with E-state index in [1.54, 1.807) is 12.3 Å². The maximum atomic E-state index is 12.5. The lowest BCUT2D eigenvalue weighted by atomic mass is 10.1. The first-order valence-electron chi connectivity index (χ1n) is 11.4. The number of benzene rings is 1.